The van der Waals surface area contributed by atoms with Crippen molar-refractivity contribution >= 4 is 23.5 Å². The molecule has 184 valence electrons. The number of carbonyl (C=O) groups is 3. The number of ether oxygens (including phenoxy) is 1. The predicted molar refractivity (Wildman–Crippen MR) is 118 cm³/mol. The summed E-state index contributed by atoms with van der Waals surface area (Å²) in [7, 11) is 0. The average molecular weight is 495 g/mol. The highest BCUT2D eigenvalue weighted by Gasteiger charge is 2.72. The molecule has 0 aromatic heterocycles. The standard InChI is InChI=1S/C26H20F3N3O4/c27-26(28,29)17-8-14(7-6-13(17)10-30)32-23(33)19-18-15-9-16(15)21(20(19)24(32)34)31-22(18)25(35)36-11-12-4-2-1-3-5-12/h1-8,15-16,18-22,31H,9,11H2/t15-,16+,18+,19-,20-,21-,22?/m0/s1. The molecule has 2 amide bonds. The smallest absolute Gasteiger partial charge is 0.417 e. The van der Waals surface area contributed by atoms with Crippen LogP contribution in [-0.2, 0) is 31.9 Å². The number of fused-ring (bicyclic) bond motifs is 1. The van der Waals surface area contributed by atoms with Crippen molar-refractivity contribution in [3.63, 3.8) is 0 Å². The molecule has 2 aliphatic carbocycles. The molecule has 3 heterocycles. The van der Waals surface area contributed by atoms with E-state index in [-0.39, 0.29) is 24.1 Å². The van der Waals surface area contributed by atoms with Gasteiger partial charge in [0, 0.05) is 12.0 Å². The maximum Gasteiger partial charge on any atom is 0.417 e. The van der Waals surface area contributed by atoms with Crippen molar-refractivity contribution in [1.82, 2.24) is 5.32 Å². The Labute approximate surface area is 203 Å². The summed E-state index contributed by atoms with van der Waals surface area (Å²) in [6.07, 6.45) is -4.04. The van der Waals surface area contributed by atoms with Gasteiger partial charge in [-0.05, 0) is 42.0 Å². The summed E-state index contributed by atoms with van der Waals surface area (Å²) in [5, 5.41) is 12.3. The molecule has 2 aromatic carbocycles. The zero-order chi connectivity index (χ0) is 25.4. The lowest BCUT2D eigenvalue weighted by Gasteiger charge is -2.47. The Balaban J connectivity index is 1.29. The predicted octanol–water partition coefficient (Wildman–Crippen LogP) is 3.03. The fourth-order valence-electron chi connectivity index (χ4n) is 6.42. The van der Waals surface area contributed by atoms with E-state index in [4.69, 9.17) is 10.00 Å². The number of piperidine rings is 2. The van der Waals surface area contributed by atoms with Gasteiger partial charge in [0.2, 0.25) is 11.8 Å². The number of carbonyl (C=O) groups excluding carboxylic acids is 3. The number of nitriles is 1. The minimum Gasteiger partial charge on any atom is -0.460 e. The molecule has 7 atom stereocenters. The van der Waals surface area contributed by atoms with Crippen LogP contribution in [0.5, 0.6) is 0 Å². The second kappa shape index (κ2) is 7.90. The Hall–Kier alpha value is -3.71. The Morgan fingerprint density at radius 3 is 2.50 bits per heavy atom. The van der Waals surface area contributed by atoms with Crippen molar-refractivity contribution in [2.24, 2.45) is 29.6 Å². The van der Waals surface area contributed by atoms with Crippen molar-refractivity contribution in [1.29, 1.82) is 5.26 Å². The summed E-state index contributed by atoms with van der Waals surface area (Å²) in [5.74, 6) is -3.52. The molecule has 0 spiro atoms. The summed E-state index contributed by atoms with van der Waals surface area (Å²) < 4.78 is 46.1. The molecule has 2 saturated carbocycles. The van der Waals surface area contributed by atoms with Gasteiger partial charge >= 0.3 is 12.1 Å². The number of nitrogens with one attached hydrogen (secondary N) is 1. The third kappa shape index (κ3) is 3.33. The molecule has 1 N–H and O–H groups in total. The van der Waals surface area contributed by atoms with Gasteiger partial charge in [0.1, 0.15) is 12.6 Å². The van der Waals surface area contributed by atoms with Gasteiger partial charge in [-0.3, -0.25) is 14.4 Å². The van der Waals surface area contributed by atoms with Crippen LogP contribution in [-0.4, -0.2) is 29.9 Å². The Morgan fingerprint density at radius 2 is 1.81 bits per heavy atom. The van der Waals surface area contributed by atoms with Crippen LogP contribution < -0.4 is 10.2 Å². The minimum absolute atomic E-state index is 0.0713. The zero-order valence-corrected chi connectivity index (χ0v) is 18.7. The number of anilines is 1. The monoisotopic (exact) mass is 495 g/mol. The number of esters is 1. The number of imide groups is 1. The van der Waals surface area contributed by atoms with E-state index in [0.29, 0.717) is 6.07 Å². The van der Waals surface area contributed by atoms with Crippen LogP contribution in [0, 0.1) is 40.9 Å². The van der Waals surface area contributed by atoms with Gasteiger partial charge in [0.05, 0.1) is 34.7 Å². The van der Waals surface area contributed by atoms with E-state index in [1.807, 2.05) is 30.3 Å². The van der Waals surface area contributed by atoms with Gasteiger partial charge in [-0.25, -0.2) is 4.90 Å². The normalized spacial score (nSPS) is 32.1. The maximum atomic E-state index is 13.5. The molecular formula is C26H20F3N3O4. The molecule has 36 heavy (non-hydrogen) atoms. The van der Waals surface area contributed by atoms with Gasteiger partial charge in [0.15, 0.2) is 0 Å². The topological polar surface area (TPSA) is 99.5 Å². The van der Waals surface area contributed by atoms with Crippen LogP contribution in [0.15, 0.2) is 48.5 Å². The van der Waals surface area contributed by atoms with E-state index in [2.05, 4.69) is 5.32 Å². The third-order valence-corrected chi connectivity index (χ3v) is 7.97. The Kier molecular flexibility index (Phi) is 4.99. The molecule has 10 heteroatoms. The molecule has 5 fully saturated rings. The SMILES string of the molecule is N#Cc1ccc(N2C(=O)[C@@H]3[C@H]4NC(C(=O)OCc5ccccc5)[C@H]([C@H]5C[C@H]54)[C@@H]3C2=O)cc1C(F)(F)F. The molecule has 3 saturated heterocycles. The number of hydrogen-bond donors (Lipinski definition) is 1. The highest BCUT2D eigenvalue weighted by molar-refractivity contribution is 6.23. The van der Waals surface area contributed by atoms with E-state index in [1.165, 1.54) is 12.1 Å². The van der Waals surface area contributed by atoms with E-state index in [1.54, 1.807) is 0 Å². The summed E-state index contributed by atoms with van der Waals surface area (Å²) in [6.45, 7) is 0.0713. The van der Waals surface area contributed by atoms with Gasteiger partial charge < -0.3 is 10.1 Å². The lowest BCUT2D eigenvalue weighted by Crippen LogP contribution is -2.65. The van der Waals surface area contributed by atoms with Gasteiger partial charge in [-0.1, -0.05) is 30.3 Å². The molecular weight excluding hydrogens is 475 g/mol. The summed E-state index contributed by atoms with van der Waals surface area (Å²) >= 11 is 0. The van der Waals surface area contributed by atoms with Crippen LogP contribution >= 0.6 is 0 Å². The van der Waals surface area contributed by atoms with Gasteiger partial charge in [-0.15, -0.1) is 0 Å². The van der Waals surface area contributed by atoms with Gasteiger partial charge in [-0.2, -0.15) is 18.4 Å². The molecule has 2 aromatic rings. The molecule has 5 aliphatic rings. The first-order valence-corrected chi connectivity index (χ1v) is 11.7. The fourth-order valence-corrected chi connectivity index (χ4v) is 6.42. The number of benzene rings is 2. The average Bonchev–Trinajstić information content (AvgIpc) is 3.64. The molecule has 0 radical (unpaired) electrons. The Morgan fingerprint density at radius 1 is 1.08 bits per heavy atom. The minimum atomic E-state index is -4.82. The van der Waals surface area contributed by atoms with E-state index in [9.17, 15) is 27.6 Å². The first-order chi connectivity index (χ1) is 17.2. The van der Waals surface area contributed by atoms with Crippen molar-refractivity contribution in [3.05, 3.63) is 65.2 Å². The highest BCUT2D eigenvalue weighted by atomic mass is 19.4. The Bertz CT molecular complexity index is 1320. The van der Waals surface area contributed by atoms with Crippen molar-refractivity contribution in [2.45, 2.75) is 31.3 Å². The van der Waals surface area contributed by atoms with E-state index >= 15 is 0 Å². The fraction of sp³-hybridized carbons (Fsp3) is 0.385. The molecule has 1 unspecified atom stereocenters. The molecule has 2 bridgehead atoms. The zero-order valence-electron chi connectivity index (χ0n) is 18.7. The summed E-state index contributed by atoms with van der Waals surface area (Å²) in [5.41, 5.74) is -1.20. The first kappa shape index (κ1) is 22.7. The summed E-state index contributed by atoms with van der Waals surface area (Å²) in [4.78, 5) is 40.8. The largest absolute Gasteiger partial charge is 0.460 e. The van der Waals surface area contributed by atoms with Crippen molar-refractivity contribution in [3.8, 4) is 6.07 Å². The quantitative estimate of drug-likeness (QED) is 0.517. The second-order valence-corrected chi connectivity index (χ2v) is 9.81. The van der Waals surface area contributed by atoms with E-state index in [0.717, 1.165) is 23.0 Å². The highest BCUT2D eigenvalue weighted by Crippen LogP contribution is 2.63. The van der Waals surface area contributed by atoms with Crippen LogP contribution in [0.2, 0.25) is 0 Å². The molecule has 7 rings (SSSR count). The van der Waals surface area contributed by atoms with Crippen LogP contribution in [0.3, 0.4) is 0 Å². The number of rotatable bonds is 4. The number of hydrogen-bond acceptors (Lipinski definition) is 6. The van der Waals surface area contributed by atoms with Crippen molar-refractivity contribution < 1.29 is 32.3 Å². The number of halogens is 3. The van der Waals surface area contributed by atoms with Crippen LogP contribution in [0.4, 0.5) is 18.9 Å². The number of alkyl halides is 3. The third-order valence-electron chi connectivity index (χ3n) is 7.97. The van der Waals surface area contributed by atoms with E-state index < -0.39 is 64.9 Å². The molecule has 3 aliphatic heterocycles. The van der Waals surface area contributed by atoms with Gasteiger partial charge in [0.25, 0.3) is 0 Å². The lowest BCUT2D eigenvalue weighted by atomic mass is 9.64. The first-order valence-electron chi connectivity index (χ1n) is 11.7. The van der Waals surface area contributed by atoms with Crippen LogP contribution in [0.1, 0.15) is 23.1 Å². The number of nitrogens with zero attached hydrogens (tertiary/aromatic N) is 2. The second-order valence-electron chi connectivity index (χ2n) is 9.81. The lowest BCUT2D eigenvalue weighted by molar-refractivity contribution is -0.156. The van der Waals surface area contributed by atoms with Crippen molar-refractivity contribution in [2.75, 3.05) is 4.90 Å². The maximum absolute atomic E-state index is 13.5. The molecule has 7 nitrogen and oxygen atoms in total. The number of amides is 2. The van der Waals surface area contributed by atoms with Crippen LogP contribution in [0.25, 0.3) is 0 Å². The summed E-state index contributed by atoms with van der Waals surface area (Å²) in [6, 6.07) is 12.3.